The SMILES string of the molecule is CN(CCc1ccccn1)C(=O)CNC(=O)NCC1(C)CCCC1. The summed E-state index contributed by atoms with van der Waals surface area (Å²) in [5.74, 6) is -0.104. The summed E-state index contributed by atoms with van der Waals surface area (Å²) in [7, 11) is 1.74. The van der Waals surface area contributed by atoms with Crippen LogP contribution in [0.1, 0.15) is 38.3 Å². The predicted molar refractivity (Wildman–Crippen MR) is 93.6 cm³/mol. The lowest BCUT2D eigenvalue weighted by Gasteiger charge is -2.24. The Hall–Kier alpha value is -2.11. The minimum absolute atomic E-state index is 0.0151. The molecular weight excluding hydrogens is 304 g/mol. The van der Waals surface area contributed by atoms with Crippen LogP contribution < -0.4 is 10.6 Å². The topological polar surface area (TPSA) is 74.3 Å². The lowest BCUT2D eigenvalue weighted by molar-refractivity contribution is -0.128. The Balaban J connectivity index is 1.63. The number of nitrogens with one attached hydrogen (secondary N) is 2. The molecule has 1 saturated carbocycles. The molecular formula is C18H28N4O2. The number of hydrogen-bond donors (Lipinski definition) is 2. The fraction of sp³-hybridized carbons (Fsp3) is 0.611. The molecule has 0 spiro atoms. The number of nitrogens with zero attached hydrogens (tertiary/aromatic N) is 2. The van der Waals surface area contributed by atoms with E-state index in [1.807, 2.05) is 18.2 Å². The maximum Gasteiger partial charge on any atom is 0.315 e. The second-order valence-corrected chi connectivity index (χ2v) is 6.94. The normalized spacial score (nSPS) is 15.8. The van der Waals surface area contributed by atoms with Crippen LogP contribution in [0.25, 0.3) is 0 Å². The van der Waals surface area contributed by atoms with Crippen molar-refractivity contribution in [2.24, 2.45) is 5.41 Å². The van der Waals surface area contributed by atoms with Gasteiger partial charge in [-0.1, -0.05) is 25.8 Å². The quantitative estimate of drug-likeness (QED) is 0.801. The van der Waals surface area contributed by atoms with Gasteiger partial charge < -0.3 is 15.5 Å². The Morgan fingerprint density at radius 3 is 2.67 bits per heavy atom. The van der Waals surface area contributed by atoms with E-state index in [9.17, 15) is 9.59 Å². The van der Waals surface area contributed by atoms with Crippen LogP contribution >= 0.6 is 0 Å². The summed E-state index contributed by atoms with van der Waals surface area (Å²) in [5, 5.41) is 5.53. The molecule has 24 heavy (non-hydrogen) atoms. The van der Waals surface area contributed by atoms with E-state index in [1.165, 1.54) is 12.8 Å². The molecule has 0 aliphatic heterocycles. The Morgan fingerprint density at radius 2 is 2.00 bits per heavy atom. The first-order valence-corrected chi connectivity index (χ1v) is 8.64. The van der Waals surface area contributed by atoms with Gasteiger partial charge >= 0.3 is 6.03 Å². The summed E-state index contributed by atoms with van der Waals surface area (Å²) in [5.41, 5.74) is 1.16. The molecule has 2 N–H and O–H groups in total. The van der Waals surface area contributed by atoms with E-state index in [0.717, 1.165) is 18.5 Å². The number of aromatic nitrogens is 1. The largest absolute Gasteiger partial charge is 0.344 e. The average molecular weight is 332 g/mol. The fourth-order valence-electron chi connectivity index (χ4n) is 3.01. The van der Waals surface area contributed by atoms with Gasteiger partial charge in [-0.05, 0) is 30.4 Å². The van der Waals surface area contributed by atoms with Crippen LogP contribution in [0.15, 0.2) is 24.4 Å². The smallest absolute Gasteiger partial charge is 0.315 e. The van der Waals surface area contributed by atoms with Gasteiger partial charge in [0.2, 0.25) is 5.91 Å². The number of pyridine rings is 1. The number of rotatable bonds is 7. The third-order valence-corrected chi connectivity index (χ3v) is 4.74. The number of carbonyl (C=O) groups excluding carboxylic acids is 2. The van der Waals surface area contributed by atoms with Crippen molar-refractivity contribution in [3.05, 3.63) is 30.1 Å². The molecule has 1 aliphatic carbocycles. The van der Waals surface area contributed by atoms with Crippen molar-refractivity contribution in [3.63, 3.8) is 0 Å². The summed E-state index contributed by atoms with van der Waals surface area (Å²) in [4.78, 5) is 29.8. The zero-order valence-electron chi connectivity index (χ0n) is 14.7. The lowest BCUT2D eigenvalue weighted by Crippen LogP contribution is -2.45. The minimum atomic E-state index is -0.269. The Labute approximate surface area is 144 Å². The molecule has 132 valence electrons. The van der Waals surface area contributed by atoms with Gasteiger partial charge in [0.05, 0.1) is 6.54 Å². The van der Waals surface area contributed by atoms with Crippen LogP contribution in [0.3, 0.4) is 0 Å². The van der Waals surface area contributed by atoms with Crippen LogP contribution in [0.5, 0.6) is 0 Å². The highest BCUT2D eigenvalue weighted by molar-refractivity contribution is 5.83. The van der Waals surface area contributed by atoms with Crippen LogP contribution in [0, 0.1) is 5.41 Å². The van der Waals surface area contributed by atoms with Crippen molar-refractivity contribution in [1.82, 2.24) is 20.5 Å². The minimum Gasteiger partial charge on any atom is -0.344 e. The second kappa shape index (κ2) is 8.66. The Kier molecular flexibility index (Phi) is 6.58. The molecule has 0 aromatic carbocycles. The third kappa shape index (κ3) is 5.83. The van der Waals surface area contributed by atoms with Crippen molar-refractivity contribution in [3.8, 4) is 0 Å². The summed E-state index contributed by atoms with van der Waals surface area (Å²) < 4.78 is 0. The zero-order chi connectivity index (χ0) is 17.4. The van der Waals surface area contributed by atoms with E-state index in [-0.39, 0.29) is 23.9 Å². The van der Waals surface area contributed by atoms with Gasteiger partial charge in [0.15, 0.2) is 0 Å². The predicted octanol–water partition coefficient (Wildman–Crippen LogP) is 1.96. The third-order valence-electron chi connectivity index (χ3n) is 4.74. The highest BCUT2D eigenvalue weighted by Crippen LogP contribution is 2.36. The van der Waals surface area contributed by atoms with Gasteiger partial charge in [0.25, 0.3) is 0 Å². The van der Waals surface area contributed by atoms with E-state index >= 15 is 0 Å². The van der Waals surface area contributed by atoms with Gasteiger partial charge in [-0.2, -0.15) is 0 Å². The van der Waals surface area contributed by atoms with Crippen molar-refractivity contribution < 1.29 is 9.59 Å². The number of urea groups is 1. The van der Waals surface area contributed by atoms with Gasteiger partial charge in [-0.25, -0.2) is 4.79 Å². The maximum atomic E-state index is 12.1. The van der Waals surface area contributed by atoms with E-state index in [4.69, 9.17) is 0 Å². The maximum absolute atomic E-state index is 12.1. The number of likely N-dealkylation sites (N-methyl/N-ethyl adjacent to an activating group) is 1. The molecule has 3 amide bonds. The molecule has 6 nitrogen and oxygen atoms in total. The number of carbonyl (C=O) groups is 2. The van der Waals surface area contributed by atoms with E-state index in [1.54, 1.807) is 18.1 Å². The van der Waals surface area contributed by atoms with E-state index in [0.29, 0.717) is 19.5 Å². The molecule has 0 atom stereocenters. The Morgan fingerprint density at radius 1 is 1.25 bits per heavy atom. The first kappa shape index (κ1) is 18.2. The molecule has 1 aromatic rings. The summed E-state index contributed by atoms with van der Waals surface area (Å²) in [6, 6.07) is 5.47. The van der Waals surface area contributed by atoms with Crippen molar-refractivity contribution in [1.29, 1.82) is 0 Å². The summed E-state index contributed by atoms with van der Waals surface area (Å²) in [6.07, 6.45) is 7.23. The molecule has 0 bridgehead atoms. The molecule has 0 saturated heterocycles. The van der Waals surface area contributed by atoms with Crippen molar-refractivity contribution in [2.75, 3.05) is 26.7 Å². The first-order valence-electron chi connectivity index (χ1n) is 8.64. The van der Waals surface area contributed by atoms with Gasteiger partial charge in [0, 0.05) is 38.4 Å². The standard InChI is InChI=1S/C18H28N4O2/c1-18(9-4-5-10-18)14-21-17(24)20-13-16(23)22(2)12-8-15-7-3-6-11-19-15/h3,6-7,11H,4-5,8-10,12-14H2,1-2H3,(H2,20,21,24). The van der Waals surface area contributed by atoms with Crippen LogP contribution in [0.2, 0.25) is 0 Å². The van der Waals surface area contributed by atoms with Gasteiger partial charge in [-0.15, -0.1) is 0 Å². The zero-order valence-corrected chi connectivity index (χ0v) is 14.7. The molecule has 6 heteroatoms. The molecule has 0 unspecified atom stereocenters. The molecule has 1 aliphatic rings. The first-order chi connectivity index (χ1) is 11.5. The van der Waals surface area contributed by atoms with E-state index < -0.39 is 0 Å². The van der Waals surface area contributed by atoms with Crippen LogP contribution in [0.4, 0.5) is 4.79 Å². The fourth-order valence-corrected chi connectivity index (χ4v) is 3.01. The summed E-state index contributed by atoms with van der Waals surface area (Å²) >= 11 is 0. The molecule has 1 heterocycles. The van der Waals surface area contributed by atoms with Crippen LogP contribution in [-0.4, -0.2) is 48.5 Å². The Bertz CT molecular complexity index is 541. The molecule has 2 rings (SSSR count). The van der Waals surface area contributed by atoms with Crippen molar-refractivity contribution >= 4 is 11.9 Å². The highest BCUT2D eigenvalue weighted by atomic mass is 16.2. The van der Waals surface area contributed by atoms with Gasteiger partial charge in [0.1, 0.15) is 0 Å². The average Bonchev–Trinajstić information content (AvgIpc) is 3.03. The highest BCUT2D eigenvalue weighted by Gasteiger charge is 2.28. The van der Waals surface area contributed by atoms with Crippen molar-refractivity contribution in [2.45, 2.75) is 39.0 Å². The summed E-state index contributed by atoms with van der Waals surface area (Å²) in [6.45, 7) is 3.47. The molecule has 1 fully saturated rings. The van der Waals surface area contributed by atoms with Gasteiger partial charge in [-0.3, -0.25) is 9.78 Å². The molecule has 1 aromatic heterocycles. The molecule has 0 radical (unpaired) electrons. The second-order valence-electron chi connectivity index (χ2n) is 6.94. The lowest BCUT2D eigenvalue weighted by atomic mass is 9.89. The number of amides is 3. The monoisotopic (exact) mass is 332 g/mol. The van der Waals surface area contributed by atoms with Crippen LogP contribution in [-0.2, 0) is 11.2 Å². The van der Waals surface area contributed by atoms with E-state index in [2.05, 4.69) is 22.5 Å². The number of hydrogen-bond acceptors (Lipinski definition) is 3.